The van der Waals surface area contributed by atoms with Crippen molar-refractivity contribution in [1.82, 2.24) is 10.2 Å². The first-order valence-electron chi connectivity index (χ1n) is 7.10. The van der Waals surface area contributed by atoms with Crippen molar-refractivity contribution < 1.29 is 0 Å². The molecule has 2 aliphatic rings. The molecule has 1 heterocycles. The number of nitrogens with one attached hydrogen (secondary N) is 1. The molecule has 2 fully saturated rings. The molecule has 1 aliphatic carbocycles. The van der Waals surface area contributed by atoms with E-state index in [1.807, 2.05) is 11.8 Å². The lowest BCUT2D eigenvalue weighted by molar-refractivity contribution is 0.186. The van der Waals surface area contributed by atoms with Gasteiger partial charge in [-0.25, -0.2) is 0 Å². The Hall–Kier alpha value is 0.270. The van der Waals surface area contributed by atoms with Crippen LogP contribution >= 0.6 is 11.8 Å². The lowest BCUT2D eigenvalue weighted by Crippen LogP contribution is -2.51. The van der Waals surface area contributed by atoms with E-state index in [9.17, 15) is 0 Å². The molecule has 3 heteroatoms. The molecule has 1 aliphatic heterocycles. The molecule has 0 amide bonds. The molecule has 2 unspecified atom stereocenters. The lowest BCUT2D eigenvalue weighted by Gasteiger charge is -2.35. The van der Waals surface area contributed by atoms with Gasteiger partial charge in [0, 0.05) is 18.6 Å². The predicted molar refractivity (Wildman–Crippen MR) is 77.7 cm³/mol. The van der Waals surface area contributed by atoms with Crippen LogP contribution in [0.1, 0.15) is 33.1 Å². The Morgan fingerprint density at radius 2 is 2.24 bits per heavy atom. The highest BCUT2D eigenvalue weighted by Crippen LogP contribution is 2.40. The first-order chi connectivity index (χ1) is 8.14. The summed E-state index contributed by atoms with van der Waals surface area (Å²) in [6.45, 7) is 9.88. The van der Waals surface area contributed by atoms with Crippen molar-refractivity contribution in [3.63, 3.8) is 0 Å². The minimum Gasteiger partial charge on any atom is -0.310 e. The fourth-order valence-electron chi connectivity index (χ4n) is 3.20. The van der Waals surface area contributed by atoms with E-state index in [1.54, 1.807) is 0 Å². The molecule has 0 radical (unpaired) electrons. The molecular weight excluding hydrogens is 228 g/mol. The average Bonchev–Trinajstić information content (AvgIpc) is 3.06. The van der Waals surface area contributed by atoms with E-state index >= 15 is 0 Å². The summed E-state index contributed by atoms with van der Waals surface area (Å²) >= 11 is 1.98. The van der Waals surface area contributed by atoms with Crippen molar-refractivity contribution in [2.45, 2.75) is 38.6 Å². The van der Waals surface area contributed by atoms with Gasteiger partial charge in [0.1, 0.15) is 0 Å². The number of hydrogen-bond donors (Lipinski definition) is 1. The van der Waals surface area contributed by atoms with E-state index in [0.717, 1.165) is 11.8 Å². The van der Waals surface area contributed by atoms with Crippen LogP contribution in [0, 0.1) is 11.8 Å². The van der Waals surface area contributed by atoms with E-state index in [-0.39, 0.29) is 0 Å². The van der Waals surface area contributed by atoms with Crippen LogP contribution in [0.25, 0.3) is 0 Å². The van der Waals surface area contributed by atoms with Crippen molar-refractivity contribution in [1.29, 1.82) is 0 Å². The fraction of sp³-hybridized carbons (Fsp3) is 1.00. The number of rotatable bonds is 5. The van der Waals surface area contributed by atoms with Crippen LogP contribution in [0.15, 0.2) is 0 Å². The third-order valence-electron chi connectivity index (χ3n) is 4.23. The summed E-state index contributed by atoms with van der Waals surface area (Å²) in [5, 5.41) is 3.81. The topological polar surface area (TPSA) is 15.3 Å². The largest absolute Gasteiger partial charge is 0.310 e. The van der Waals surface area contributed by atoms with Crippen LogP contribution in [0.3, 0.4) is 0 Å². The molecule has 0 aromatic carbocycles. The van der Waals surface area contributed by atoms with Gasteiger partial charge < -0.3 is 10.2 Å². The molecular formula is C14H28N2S. The second-order valence-electron chi connectivity index (χ2n) is 6.27. The molecule has 2 atom stereocenters. The zero-order valence-corrected chi connectivity index (χ0v) is 12.5. The Morgan fingerprint density at radius 3 is 2.88 bits per heavy atom. The van der Waals surface area contributed by atoms with Crippen LogP contribution in [-0.2, 0) is 0 Å². The van der Waals surface area contributed by atoms with Gasteiger partial charge >= 0.3 is 0 Å². The second-order valence-corrected chi connectivity index (χ2v) is 7.18. The van der Waals surface area contributed by atoms with Gasteiger partial charge in [-0.3, -0.25) is 0 Å². The molecule has 2 nitrogen and oxygen atoms in total. The highest BCUT2D eigenvalue weighted by molar-refractivity contribution is 7.98. The SMILES string of the molecule is CSCC(C)CN1CCCNC(C)(C2CC2)C1. The maximum Gasteiger partial charge on any atom is 0.0308 e. The summed E-state index contributed by atoms with van der Waals surface area (Å²) in [6.07, 6.45) is 6.42. The third-order valence-corrected chi connectivity index (χ3v) is 5.13. The van der Waals surface area contributed by atoms with Crippen LogP contribution in [0.4, 0.5) is 0 Å². The van der Waals surface area contributed by atoms with Gasteiger partial charge in [0.05, 0.1) is 0 Å². The zero-order chi connectivity index (χ0) is 12.3. The molecule has 0 aromatic heterocycles. The normalized spacial score (nSPS) is 33.4. The molecule has 0 aromatic rings. The van der Waals surface area contributed by atoms with Crippen molar-refractivity contribution in [2.75, 3.05) is 38.2 Å². The van der Waals surface area contributed by atoms with Crippen LogP contribution in [0.2, 0.25) is 0 Å². The molecule has 0 bridgehead atoms. The number of nitrogens with zero attached hydrogens (tertiary/aromatic N) is 1. The zero-order valence-electron chi connectivity index (χ0n) is 11.7. The van der Waals surface area contributed by atoms with E-state index < -0.39 is 0 Å². The fourth-order valence-corrected chi connectivity index (χ4v) is 3.88. The van der Waals surface area contributed by atoms with Gasteiger partial charge in [0.2, 0.25) is 0 Å². The van der Waals surface area contributed by atoms with Crippen LogP contribution in [-0.4, -0.2) is 48.6 Å². The van der Waals surface area contributed by atoms with Crippen molar-refractivity contribution in [2.24, 2.45) is 11.8 Å². The molecule has 2 rings (SSSR count). The average molecular weight is 256 g/mol. The summed E-state index contributed by atoms with van der Waals surface area (Å²) in [5.74, 6) is 3.06. The van der Waals surface area contributed by atoms with Gasteiger partial charge in [-0.1, -0.05) is 6.92 Å². The molecule has 0 spiro atoms. The van der Waals surface area contributed by atoms with Crippen molar-refractivity contribution >= 4 is 11.8 Å². The highest BCUT2D eigenvalue weighted by Gasteiger charge is 2.42. The minimum atomic E-state index is 0.398. The Labute approximate surface area is 111 Å². The van der Waals surface area contributed by atoms with Crippen LogP contribution < -0.4 is 5.32 Å². The Balaban J connectivity index is 1.88. The maximum atomic E-state index is 3.81. The Bertz CT molecular complexity index is 242. The van der Waals surface area contributed by atoms with Gasteiger partial charge in [0.15, 0.2) is 0 Å². The Kier molecular flexibility index (Phi) is 4.79. The summed E-state index contributed by atoms with van der Waals surface area (Å²) in [6, 6.07) is 0. The second kappa shape index (κ2) is 5.94. The van der Waals surface area contributed by atoms with E-state index in [1.165, 1.54) is 51.2 Å². The standard InChI is InChI=1S/C14H28N2S/c1-12(10-17-3)9-16-8-4-7-15-14(2,11-16)13-5-6-13/h12-13,15H,4-11H2,1-3H3. The van der Waals surface area contributed by atoms with E-state index in [2.05, 4.69) is 30.3 Å². The first kappa shape index (κ1) is 13.7. The first-order valence-corrected chi connectivity index (χ1v) is 8.50. The van der Waals surface area contributed by atoms with Gasteiger partial charge in [0.25, 0.3) is 0 Å². The third kappa shape index (κ3) is 3.87. The lowest BCUT2D eigenvalue weighted by atomic mass is 9.95. The summed E-state index contributed by atoms with van der Waals surface area (Å²) in [7, 11) is 0. The summed E-state index contributed by atoms with van der Waals surface area (Å²) < 4.78 is 0. The van der Waals surface area contributed by atoms with E-state index in [0.29, 0.717) is 5.54 Å². The van der Waals surface area contributed by atoms with Crippen molar-refractivity contribution in [3.8, 4) is 0 Å². The molecule has 1 N–H and O–H groups in total. The monoisotopic (exact) mass is 256 g/mol. The maximum absolute atomic E-state index is 3.81. The quantitative estimate of drug-likeness (QED) is 0.813. The van der Waals surface area contributed by atoms with Crippen LogP contribution in [0.5, 0.6) is 0 Å². The summed E-state index contributed by atoms with van der Waals surface area (Å²) in [4.78, 5) is 2.71. The molecule has 1 saturated heterocycles. The van der Waals surface area contributed by atoms with Gasteiger partial charge in [-0.15, -0.1) is 0 Å². The molecule has 17 heavy (non-hydrogen) atoms. The molecule has 1 saturated carbocycles. The van der Waals surface area contributed by atoms with Crippen molar-refractivity contribution in [3.05, 3.63) is 0 Å². The number of thioether (sulfide) groups is 1. The van der Waals surface area contributed by atoms with Gasteiger partial charge in [-0.2, -0.15) is 11.8 Å². The number of hydrogen-bond acceptors (Lipinski definition) is 3. The molecule has 100 valence electrons. The summed E-state index contributed by atoms with van der Waals surface area (Å²) in [5.41, 5.74) is 0.398. The van der Waals surface area contributed by atoms with Gasteiger partial charge in [-0.05, 0) is 63.1 Å². The minimum absolute atomic E-state index is 0.398. The highest BCUT2D eigenvalue weighted by atomic mass is 32.2. The van der Waals surface area contributed by atoms with E-state index in [4.69, 9.17) is 0 Å². The predicted octanol–water partition coefficient (Wildman–Crippen LogP) is 2.45. The Morgan fingerprint density at radius 1 is 1.47 bits per heavy atom. The smallest absolute Gasteiger partial charge is 0.0308 e.